The van der Waals surface area contributed by atoms with Crippen molar-refractivity contribution >= 4 is 46.4 Å². The molecule has 0 heterocycles. The monoisotopic (exact) mass is 347 g/mol. The predicted octanol–water partition coefficient (Wildman–Crippen LogP) is 3.68. The topological polar surface area (TPSA) is 63.2 Å². The molecule has 4 nitrogen and oxygen atoms in total. The third kappa shape index (κ3) is 2.64. The highest BCUT2D eigenvalue weighted by Crippen LogP contribution is 2.33. The fourth-order valence-corrected chi connectivity index (χ4v) is 2.71. The second-order valence-corrected chi connectivity index (χ2v) is 6.25. The number of rotatable bonds is 2. The van der Waals surface area contributed by atoms with Crippen LogP contribution in [0.25, 0.3) is 0 Å². The quantitative estimate of drug-likeness (QED) is 0.719. The number of fused-ring (bicyclic) bond motifs is 2. The molecule has 1 amide bonds. The fourth-order valence-electron chi connectivity index (χ4n) is 2.45. The molecular weight excluding hydrogens is 337 g/mol. The summed E-state index contributed by atoms with van der Waals surface area (Å²) in [6.07, 6.45) is 0. The summed E-state index contributed by atoms with van der Waals surface area (Å²) in [6, 6.07) is 9.44. The maximum atomic E-state index is 12.6. The zero-order valence-corrected chi connectivity index (χ0v) is 13.5. The Bertz CT molecular complexity index is 859. The highest BCUT2D eigenvalue weighted by atomic mass is 35.5. The molecule has 1 aliphatic rings. The lowest BCUT2D eigenvalue weighted by Gasteiger charge is -2.19. The Morgan fingerprint density at radius 1 is 1.00 bits per heavy atom. The summed E-state index contributed by atoms with van der Waals surface area (Å²) >= 11 is 11.8. The highest BCUT2D eigenvalue weighted by Gasteiger charge is 2.30. The summed E-state index contributed by atoms with van der Waals surface area (Å²) in [6.45, 7) is 1.52. The van der Waals surface area contributed by atoms with Crippen LogP contribution < -0.4 is 5.32 Å². The van der Waals surface area contributed by atoms with Crippen LogP contribution in [-0.2, 0) is 4.79 Å². The van der Waals surface area contributed by atoms with Gasteiger partial charge in [0, 0.05) is 22.3 Å². The van der Waals surface area contributed by atoms with Gasteiger partial charge in [-0.2, -0.15) is 0 Å². The van der Waals surface area contributed by atoms with Crippen molar-refractivity contribution in [3.8, 4) is 0 Å². The van der Waals surface area contributed by atoms with Crippen LogP contribution in [0, 0.1) is 0 Å². The van der Waals surface area contributed by atoms with E-state index in [1.165, 1.54) is 19.1 Å². The van der Waals surface area contributed by atoms with Crippen LogP contribution in [0.1, 0.15) is 38.8 Å². The maximum absolute atomic E-state index is 12.6. The van der Waals surface area contributed by atoms with Crippen molar-refractivity contribution in [3.05, 3.63) is 63.7 Å². The Kier molecular flexibility index (Phi) is 3.96. The first-order chi connectivity index (χ1) is 10.9. The minimum absolute atomic E-state index is 0.176. The van der Waals surface area contributed by atoms with E-state index < -0.39 is 11.3 Å². The molecule has 2 aromatic carbocycles. The Hall–Kier alpha value is -2.17. The van der Waals surface area contributed by atoms with Gasteiger partial charge >= 0.3 is 0 Å². The molecular formula is C17H11Cl2NO3. The summed E-state index contributed by atoms with van der Waals surface area (Å²) < 4.78 is 0. The van der Waals surface area contributed by atoms with E-state index in [0.717, 1.165) is 0 Å². The van der Waals surface area contributed by atoms with E-state index in [1.807, 2.05) is 0 Å². The number of carbonyl (C=O) groups is 3. The van der Waals surface area contributed by atoms with E-state index in [2.05, 4.69) is 5.32 Å². The molecule has 1 aliphatic carbocycles. The molecule has 6 heteroatoms. The lowest BCUT2D eigenvalue weighted by atomic mass is 9.84. The van der Waals surface area contributed by atoms with E-state index in [0.29, 0.717) is 11.1 Å². The van der Waals surface area contributed by atoms with Crippen LogP contribution >= 0.6 is 23.2 Å². The summed E-state index contributed by atoms with van der Waals surface area (Å²) in [7, 11) is 0. The van der Waals surface area contributed by atoms with Gasteiger partial charge in [0.25, 0.3) is 0 Å². The second-order valence-electron chi connectivity index (χ2n) is 5.19. The number of ketones is 2. The zero-order valence-electron chi connectivity index (χ0n) is 12.0. The van der Waals surface area contributed by atoms with Crippen LogP contribution in [0.5, 0.6) is 0 Å². The Morgan fingerprint density at radius 2 is 1.52 bits per heavy atom. The van der Waals surface area contributed by atoms with Gasteiger partial charge in [-0.05, 0) is 19.1 Å². The van der Waals surface area contributed by atoms with Crippen molar-refractivity contribution in [2.45, 2.75) is 12.3 Å². The number of nitrogens with one attached hydrogen (secondary N) is 1. The van der Waals surface area contributed by atoms with Gasteiger partial charge in [-0.25, -0.2) is 0 Å². The zero-order chi connectivity index (χ0) is 16.7. The molecule has 0 bridgehead atoms. The lowest BCUT2D eigenvalue weighted by molar-refractivity contribution is -0.115. The average molecular weight is 348 g/mol. The van der Waals surface area contributed by atoms with Gasteiger partial charge in [0.2, 0.25) is 5.91 Å². The number of halogens is 2. The van der Waals surface area contributed by atoms with E-state index in [-0.39, 0.29) is 33.4 Å². The molecule has 0 unspecified atom stereocenters. The Balaban J connectivity index is 2.11. The Labute approximate surface area is 142 Å². The van der Waals surface area contributed by atoms with E-state index in [4.69, 9.17) is 23.2 Å². The van der Waals surface area contributed by atoms with Crippen molar-refractivity contribution in [2.24, 2.45) is 0 Å². The van der Waals surface area contributed by atoms with Crippen molar-refractivity contribution < 1.29 is 14.4 Å². The van der Waals surface area contributed by atoms with Crippen LogP contribution in [0.3, 0.4) is 0 Å². The molecule has 0 aromatic heterocycles. The van der Waals surface area contributed by atoms with E-state index in [1.54, 1.807) is 24.3 Å². The summed E-state index contributed by atoms with van der Waals surface area (Å²) in [5.41, 5.74) is 1.40. The Morgan fingerprint density at radius 3 is 2.04 bits per heavy atom. The SMILES string of the molecule is C[C@H](Cl)C(=O)Nc1cc2c(cc1Cl)C(=O)c1ccccc1C2=O. The van der Waals surface area contributed by atoms with Crippen LogP contribution in [0.2, 0.25) is 5.02 Å². The van der Waals surface area contributed by atoms with Gasteiger partial charge in [-0.3, -0.25) is 14.4 Å². The normalized spacial score (nSPS) is 14.0. The maximum Gasteiger partial charge on any atom is 0.242 e. The predicted molar refractivity (Wildman–Crippen MR) is 88.7 cm³/mol. The molecule has 1 N–H and O–H groups in total. The van der Waals surface area contributed by atoms with Gasteiger partial charge in [-0.15, -0.1) is 11.6 Å². The first-order valence-electron chi connectivity index (χ1n) is 6.87. The van der Waals surface area contributed by atoms with Crippen LogP contribution in [0.4, 0.5) is 5.69 Å². The molecule has 0 aliphatic heterocycles. The van der Waals surface area contributed by atoms with Crippen molar-refractivity contribution in [1.29, 1.82) is 0 Å². The van der Waals surface area contributed by atoms with E-state index >= 15 is 0 Å². The van der Waals surface area contributed by atoms with Crippen LogP contribution in [0.15, 0.2) is 36.4 Å². The second kappa shape index (κ2) is 5.80. The highest BCUT2D eigenvalue weighted by molar-refractivity contribution is 6.37. The lowest BCUT2D eigenvalue weighted by Crippen LogP contribution is -2.23. The number of hydrogen-bond acceptors (Lipinski definition) is 3. The van der Waals surface area contributed by atoms with Crippen molar-refractivity contribution in [3.63, 3.8) is 0 Å². The first-order valence-corrected chi connectivity index (χ1v) is 7.68. The smallest absolute Gasteiger partial charge is 0.242 e. The standard InChI is InChI=1S/C17H11Cl2NO3/c1-8(18)17(23)20-14-7-12-11(6-13(14)19)15(21)9-4-2-3-5-10(9)16(12)22/h2-8H,1H3,(H,20,23)/t8-/m0/s1. The molecule has 2 aromatic rings. The number of alkyl halides is 1. The number of anilines is 1. The summed E-state index contributed by atoms with van der Waals surface area (Å²) in [5, 5.41) is 1.98. The molecule has 0 radical (unpaired) electrons. The molecule has 0 fully saturated rings. The van der Waals surface area contributed by atoms with Gasteiger partial charge in [0.15, 0.2) is 11.6 Å². The molecule has 0 saturated heterocycles. The summed E-state index contributed by atoms with van der Waals surface area (Å²) in [4.78, 5) is 36.9. The minimum atomic E-state index is -0.750. The third-order valence-corrected chi connectivity index (χ3v) is 4.14. The first kappa shape index (κ1) is 15.7. The van der Waals surface area contributed by atoms with Crippen molar-refractivity contribution in [2.75, 3.05) is 5.32 Å². The fraction of sp³-hybridized carbons (Fsp3) is 0.118. The van der Waals surface area contributed by atoms with Gasteiger partial charge in [-0.1, -0.05) is 35.9 Å². The van der Waals surface area contributed by atoms with Crippen LogP contribution in [-0.4, -0.2) is 22.9 Å². The molecule has 0 saturated carbocycles. The average Bonchev–Trinajstić information content (AvgIpc) is 2.53. The van der Waals surface area contributed by atoms with Gasteiger partial charge in [0.1, 0.15) is 5.38 Å². The van der Waals surface area contributed by atoms with E-state index in [9.17, 15) is 14.4 Å². The number of amides is 1. The third-order valence-electron chi connectivity index (χ3n) is 3.63. The molecule has 1 atom stereocenters. The van der Waals surface area contributed by atoms with Crippen molar-refractivity contribution in [1.82, 2.24) is 0 Å². The molecule has 23 heavy (non-hydrogen) atoms. The molecule has 0 spiro atoms. The summed E-state index contributed by atoms with van der Waals surface area (Å²) in [5.74, 6) is -0.981. The number of benzene rings is 2. The number of hydrogen-bond donors (Lipinski definition) is 1. The minimum Gasteiger partial charge on any atom is -0.323 e. The van der Waals surface area contributed by atoms with Gasteiger partial charge in [0.05, 0.1) is 10.7 Å². The number of carbonyl (C=O) groups excluding carboxylic acids is 3. The molecule has 3 rings (SSSR count). The van der Waals surface area contributed by atoms with Gasteiger partial charge < -0.3 is 5.32 Å². The molecule has 116 valence electrons. The largest absolute Gasteiger partial charge is 0.323 e.